The largest absolute Gasteiger partial charge is 0.382 e. The Morgan fingerprint density at radius 3 is 2.89 bits per heavy atom. The monoisotopic (exact) mass is 323 g/mol. The minimum absolute atomic E-state index is 0.246. The van der Waals surface area contributed by atoms with Crippen molar-refractivity contribution in [2.24, 2.45) is 0 Å². The zero-order chi connectivity index (χ0) is 13.3. The molecule has 1 saturated heterocycles. The minimum atomic E-state index is 0.246. The van der Waals surface area contributed by atoms with Crippen molar-refractivity contribution < 1.29 is 4.74 Å². The van der Waals surface area contributed by atoms with E-state index in [2.05, 4.69) is 46.4 Å². The molecule has 19 heavy (non-hydrogen) atoms. The van der Waals surface area contributed by atoms with Gasteiger partial charge in [-0.25, -0.2) is 0 Å². The van der Waals surface area contributed by atoms with E-state index in [-0.39, 0.29) is 5.60 Å². The van der Waals surface area contributed by atoms with Gasteiger partial charge in [-0.15, -0.1) is 0 Å². The van der Waals surface area contributed by atoms with Crippen molar-refractivity contribution in [1.82, 2.24) is 0 Å². The smallest absolute Gasteiger partial charge is 0.0756 e. The van der Waals surface area contributed by atoms with Gasteiger partial charge in [-0.2, -0.15) is 0 Å². The fourth-order valence-electron chi connectivity index (χ4n) is 3.43. The Balaban J connectivity index is 1.57. The molecule has 2 nitrogen and oxygen atoms in total. The lowest BCUT2D eigenvalue weighted by Crippen LogP contribution is -2.27. The Hall–Kier alpha value is -0.540. The molecular weight excluding hydrogens is 302 g/mol. The Morgan fingerprint density at radius 2 is 2.11 bits per heavy atom. The maximum atomic E-state index is 6.32. The average Bonchev–Trinajstić information content (AvgIpc) is 3.02. The molecule has 2 fully saturated rings. The summed E-state index contributed by atoms with van der Waals surface area (Å²) in [5.41, 5.74) is 2.69. The number of anilines is 1. The van der Waals surface area contributed by atoms with Gasteiger partial charge in [-0.05, 0) is 60.2 Å². The van der Waals surface area contributed by atoms with Gasteiger partial charge >= 0.3 is 0 Å². The molecular formula is C16H22BrNO. The Kier molecular flexibility index (Phi) is 3.86. The Labute approximate surface area is 124 Å². The van der Waals surface area contributed by atoms with Crippen molar-refractivity contribution in [3.63, 3.8) is 0 Å². The van der Waals surface area contributed by atoms with Crippen molar-refractivity contribution in [1.29, 1.82) is 0 Å². The lowest BCUT2D eigenvalue weighted by atomic mass is 9.98. The molecule has 0 aromatic heterocycles. The van der Waals surface area contributed by atoms with Crippen LogP contribution in [0.3, 0.4) is 0 Å². The zero-order valence-corrected chi connectivity index (χ0v) is 13.1. The number of hydrogen-bond donors (Lipinski definition) is 1. The van der Waals surface area contributed by atoms with E-state index in [1.807, 2.05) is 0 Å². The lowest BCUT2D eigenvalue weighted by molar-refractivity contribution is -0.0307. The van der Waals surface area contributed by atoms with Gasteiger partial charge in [-0.1, -0.05) is 25.0 Å². The quantitative estimate of drug-likeness (QED) is 0.873. The highest BCUT2D eigenvalue weighted by Crippen LogP contribution is 2.43. The maximum Gasteiger partial charge on any atom is 0.0756 e. The van der Waals surface area contributed by atoms with Gasteiger partial charge < -0.3 is 10.1 Å². The number of aryl methyl sites for hydroxylation is 1. The lowest BCUT2D eigenvalue weighted by Gasteiger charge is -2.24. The second kappa shape index (κ2) is 5.45. The van der Waals surface area contributed by atoms with E-state index in [1.165, 1.54) is 54.2 Å². The van der Waals surface area contributed by atoms with Crippen molar-refractivity contribution >= 4 is 21.6 Å². The highest BCUT2D eigenvalue weighted by molar-refractivity contribution is 9.10. The number of ether oxygens (including phenoxy) is 1. The minimum Gasteiger partial charge on any atom is -0.382 e. The van der Waals surface area contributed by atoms with Gasteiger partial charge in [0.1, 0.15) is 0 Å². The summed E-state index contributed by atoms with van der Waals surface area (Å²) in [5.74, 6) is 0. The highest BCUT2D eigenvalue weighted by atomic mass is 79.9. The summed E-state index contributed by atoms with van der Waals surface area (Å²) in [4.78, 5) is 0. The Bertz CT molecular complexity index is 454. The normalized spacial score (nSPS) is 25.1. The van der Waals surface area contributed by atoms with Crippen LogP contribution in [0.2, 0.25) is 0 Å². The van der Waals surface area contributed by atoms with Crippen molar-refractivity contribution in [3.8, 4) is 0 Å². The van der Waals surface area contributed by atoms with E-state index < -0.39 is 0 Å². The van der Waals surface area contributed by atoms with Crippen LogP contribution in [-0.4, -0.2) is 18.2 Å². The van der Waals surface area contributed by atoms with Gasteiger partial charge in [0.15, 0.2) is 0 Å². The molecule has 3 heteroatoms. The third kappa shape index (κ3) is 2.82. The van der Waals surface area contributed by atoms with E-state index in [9.17, 15) is 0 Å². The van der Waals surface area contributed by atoms with Crippen LogP contribution in [0.1, 0.15) is 44.1 Å². The molecule has 1 aromatic rings. The molecule has 1 heterocycles. The van der Waals surface area contributed by atoms with E-state index >= 15 is 0 Å². The summed E-state index contributed by atoms with van der Waals surface area (Å²) in [6.07, 6.45) is 8.10. The third-order valence-electron chi connectivity index (χ3n) is 4.57. The standard InChI is InChI=1S/C16H22BrNO/c1-12-5-4-6-14(15(12)17)18-11-13-7-10-16(19-13)8-2-3-9-16/h4-6,13,18H,2-3,7-11H2,1H3. The summed E-state index contributed by atoms with van der Waals surface area (Å²) in [5, 5.41) is 3.53. The number of hydrogen-bond acceptors (Lipinski definition) is 2. The fraction of sp³-hybridized carbons (Fsp3) is 0.625. The molecule has 2 aliphatic rings. The van der Waals surface area contributed by atoms with Gasteiger partial charge in [0.25, 0.3) is 0 Å². The molecule has 3 rings (SSSR count). The molecule has 1 saturated carbocycles. The van der Waals surface area contributed by atoms with E-state index in [0.717, 1.165) is 6.54 Å². The third-order valence-corrected chi connectivity index (χ3v) is 5.62. The second-order valence-corrected chi connectivity index (χ2v) is 6.78. The average molecular weight is 324 g/mol. The first-order chi connectivity index (χ1) is 9.19. The fourth-order valence-corrected chi connectivity index (χ4v) is 3.84. The predicted molar refractivity (Wildman–Crippen MR) is 82.7 cm³/mol. The Morgan fingerprint density at radius 1 is 1.32 bits per heavy atom. The summed E-state index contributed by atoms with van der Waals surface area (Å²) < 4.78 is 7.49. The van der Waals surface area contributed by atoms with Crippen LogP contribution in [0.15, 0.2) is 22.7 Å². The maximum absolute atomic E-state index is 6.32. The number of halogens is 1. The summed E-state index contributed by atoms with van der Waals surface area (Å²) >= 11 is 3.65. The topological polar surface area (TPSA) is 21.3 Å². The van der Waals surface area contributed by atoms with Gasteiger partial charge in [0.2, 0.25) is 0 Å². The summed E-state index contributed by atoms with van der Waals surface area (Å²) in [6.45, 7) is 3.04. The molecule has 1 aliphatic carbocycles. The van der Waals surface area contributed by atoms with Crippen LogP contribution in [0.5, 0.6) is 0 Å². The van der Waals surface area contributed by atoms with E-state index in [0.29, 0.717) is 6.10 Å². The van der Waals surface area contributed by atoms with Crippen LogP contribution >= 0.6 is 15.9 Å². The van der Waals surface area contributed by atoms with Gasteiger partial charge in [-0.3, -0.25) is 0 Å². The van der Waals surface area contributed by atoms with Crippen molar-refractivity contribution in [3.05, 3.63) is 28.2 Å². The van der Waals surface area contributed by atoms with Gasteiger partial charge in [0.05, 0.1) is 11.7 Å². The molecule has 0 radical (unpaired) electrons. The molecule has 0 amide bonds. The zero-order valence-electron chi connectivity index (χ0n) is 11.5. The number of nitrogens with one attached hydrogen (secondary N) is 1. The molecule has 1 aromatic carbocycles. The summed E-state index contributed by atoms with van der Waals surface area (Å²) in [7, 11) is 0. The van der Waals surface area contributed by atoms with E-state index in [4.69, 9.17) is 4.74 Å². The highest BCUT2D eigenvalue weighted by Gasteiger charge is 2.41. The molecule has 1 unspecified atom stereocenters. The molecule has 1 aliphatic heterocycles. The van der Waals surface area contributed by atoms with Crippen molar-refractivity contribution in [2.45, 2.75) is 57.2 Å². The first-order valence-corrected chi connectivity index (χ1v) is 8.15. The van der Waals surface area contributed by atoms with Crippen LogP contribution in [-0.2, 0) is 4.74 Å². The predicted octanol–water partition coefficient (Wildman–Crippen LogP) is 4.66. The molecule has 104 valence electrons. The first kappa shape index (κ1) is 13.4. The molecule has 1 N–H and O–H groups in total. The first-order valence-electron chi connectivity index (χ1n) is 7.35. The second-order valence-electron chi connectivity index (χ2n) is 5.99. The number of benzene rings is 1. The van der Waals surface area contributed by atoms with Crippen LogP contribution < -0.4 is 5.32 Å². The SMILES string of the molecule is Cc1cccc(NCC2CCC3(CCCC3)O2)c1Br. The van der Waals surface area contributed by atoms with Gasteiger partial charge in [0, 0.05) is 16.7 Å². The van der Waals surface area contributed by atoms with Crippen molar-refractivity contribution in [2.75, 3.05) is 11.9 Å². The summed E-state index contributed by atoms with van der Waals surface area (Å²) in [6, 6.07) is 6.34. The van der Waals surface area contributed by atoms with Crippen LogP contribution in [0.25, 0.3) is 0 Å². The van der Waals surface area contributed by atoms with Crippen LogP contribution in [0, 0.1) is 6.92 Å². The van der Waals surface area contributed by atoms with Crippen LogP contribution in [0.4, 0.5) is 5.69 Å². The molecule has 0 bridgehead atoms. The molecule has 1 spiro atoms. The van der Waals surface area contributed by atoms with E-state index in [1.54, 1.807) is 0 Å². The number of rotatable bonds is 3. The molecule has 1 atom stereocenters.